The van der Waals surface area contributed by atoms with Crippen LogP contribution in [-0.4, -0.2) is 66.5 Å². The largest absolute Gasteiger partial charge is 0.370 e. The molecule has 1 atom stereocenters. The second-order valence-corrected chi connectivity index (χ2v) is 7.17. The number of likely N-dealkylation sites (tertiary alicyclic amines) is 1. The molecule has 0 aromatic carbocycles. The molecule has 1 amide bonds. The van der Waals surface area contributed by atoms with Gasteiger partial charge >= 0.3 is 0 Å². The Balaban J connectivity index is 1.63. The minimum absolute atomic E-state index is 0.0854. The number of carbonyl (C=O) groups is 1. The van der Waals surface area contributed by atoms with E-state index in [2.05, 4.69) is 38.9 Å². The van der Waals surface area contributed by atoms with E-state index in [0.717, 1.165) is 51.3 Å². The predicted octanol–water partition coefficient (Wildman–Crippen LogP) is 2.30. The first kappa shape index (κ1) is 17.2. The van der Waals surface area contributed by atoms with Gasteiger partial charge < -0.3 is 9.80 Å². The van der Waals surface area contributed by atoms with Gasteiger partial charge in [0.05, 0.1) is 6.04 Å². The highest BCUT2D eigenvalue weighted by Crippen LogP contribution is 2.20. The fourth-order valence-corrected chi connectivity index (χ4v) is 3.90. The summed E-state index contributed by atoms with van der Waals surface area (Å²) in [4.78, 5) is 24.1. The van der Waals surface area contributed by atoms with Crippen LogP contribution >= 0.6 is 0 Å². The van der Waals surface area contributed by atoms with Crippen LogP contribution in [0.15, 0.2) is 18.3 Å². The number of anilines is 1. The number of aromatic nitrogens is 1. The standard InChI is InChI=1S/C19H30N4O/c1-16-15-17(8-9-20-16)22-11-6-12-23(14-13-22)19(24)18-7-4-3-5-10-21(18)2/h8-9,15,18H,3-7,10-14H2,1-2H3/t18-/m0/s1. The summed E-state index contributed by atoms with van der Waals surface area (Å²) in [5.74, 6) is 0.340. The van der Waals surface area contributed by atoms with E-state index in [9.17, 15) is 4.79 Å². The zero-order valence-electron chi connectivity index (χ0n) is 15.1. The summed E-state index contributed by atoms with van der Waals surface area (Å²) in [6, 6.07) is 4.29. The molecule has 132 valence electrons. The van der Waals surface area contributed by atoms with Crippen LogP contribution in [0.1, 0.15) is 37.8 Å². The van der Waals surface area contributed by atoms with Crippen LogP contribution in [0, 0.1) is 6.92 Å². The molecule has 0 spiro atoms. The Hall–Kier alpha value is -1.62. The molecule has 5 heteroatoms. The van der Waals surface area contributed by atoms with Gasteiger partial charge in [0, 0.05) is 43.8 Å². The van der Waals surface area contributed by atoms with E-state index in [-0.39, 0.29) is 6.04 Å². The molecule has 0 N–H and O–H groups in total. The van der Waals surface area contributed by atoms with Gasteiger partial charge in [-0.1, -0.05) is 12.8 Å². The Labute approximate surface area is 145 Å². The van der Waals surface area contributed by atoms with Gasteiger partial charge in [0.1, 0.15) is 0 Å². The molecule has 1 aromatic heterocycles. The van der Waals surface area contributed by atoms with Gasteiger partial charge in [-0.2, -0.15) is 0 Å². The smallest absolute Gasteiger partial charge is 0.239 e. The SMILES string of the molecule is Cc1cc(N2CCCN(C(=O)[C@@H]3CCCCCN3C)CC2)ccn1. The van der Waals surface area contributed by atoms with Gasteiger partial charge in [-0.3, -0.25) is 14.7 Å². The summed E-state index contributed by atoms with van der Waals surface area (Å²) in [5, 5.41) is 0. The maximum atomic E-state index is 13.0. The van der Waals surface area contributed by atoms with Crippen LogP contribution in [0.25, 0.3) is 0 Å². The molecule has 0 saturated carbocycles. The Morgan fingerprint density at radius 3 is 2.79 bits per heavy atom. The van der Waals surface area contributed by atoms with E-state index in [1.165, 1.54) is 24.9 Å². The highest BCUT2D eigenvalue weighted by Gasteiger charge is 2.29. The van der Waals surface area contributed by atoms with E-state index >= 15 is 0 Å². The van der Waals surface area contributed by atoms with E-state index in [4.69, 9.17) is 0 Å². The van der Waals surface area contributed by atoms with Crippen molar-refractivity contribution in [2.75, 3.05) is 44.7 Å². The van der Waals surface area contributed by atoms with Crippen LogP contribution in [0.2, 0.25) is 0 Å². The van der Waals surface area contributed by atoms with Crippen molar-refractivity contribution in [1.82, 2.24) is 14.8 Å². The van der Waals surface area contributed by atoms with E-state index in [1.807, 2.05) is 13.1 Å². The third-order valence-electron chi connectivity index (χ3n) is 5.36. The number of amides is 1. The van der Waals surface area contributed by atoms with Crippen LogP contribution in [0.4, 0.5) is 5.69 Å². The number of aryl methyl sites for hydroxylation is 1. The molecule has 2 fully saturated rings. The number of hydrogen-bond donors (Lipinski definition) is 0. The zero-order chi connectivity index (χ0) is 16.9. The molecule has 3 heterocycles. The molecule has 0 unspecified atom stereocenters. The van der Waals surface area contributed by atoms with E-state index in [1.54, 1.807) is 0 Å². The molecule has 5 nitrogen and oxygen atoms in total. The lowest BCUT2D eigenvalue weighted by Crippen LogP contribution is -2.48. The van der Waals surface area contributed by atoms with Gasteiger partial charge in [-0.25, -0.2) is 0 Å². The quantitative estimate of drug-likeness (QED) is 0.834. The Morgan fingerprint density at radius 1 is 1.08 bits per heavy atom. The van der Waals surface area contributed by atoms with Crippen molar-refractivity contribution in [1.29, 1.82) is 0 Å². The Kier molecular flexibility index (Phi) is 5.72. The topological polar surface area (TPSA) is 39.7 Å². The lowest BCUT2D eigenvalue weighted by Gasteiger charge is -2.31. The van der Waals surface area contributed by atoms with Crippen LogP contribution in [0.3, 0.4) is 0 Å². The second-order valence-electron chi connectivity index (χ2n) is 7.17. The molecule has 2 aliphatic heterocycles. The number of nitrogens with zero attached hydrogens (tertiary/aromatic N) is 4. The number of carbonyl (C=O) groups excluding carboxylic acids is 1. The second kappa shape index (κ2) is 7.97. The normalized spacial score (nSPS) is 23.7. The van der Waals surface area contributed by atoms with E-state index in [0.29, 0.717) is 5.91 Å². The van der Waals surface area contributed by atoms with Crippen LogP contribution in [0.5, 0.6) is 0 Å². The monoisotopic (exact) mass is 330 g/mol. The van der Waals surface area contributed by atoms with Crippen molar-refractivity contribution in [2.45, 2.75) is 45.1 Å². The number of likely N-dealkylation sites (N-methyl/N-ethyl adjacent to an activating group) is 1. The third kappa shape index (κ3) is 4.07. The maximum absolute atomic E-state index is 13.0. The molecule has 1 aromatic rings. The highest BCUT2D eigenvalue weighted by atomic mass is 16.2. The molecule has 0 bridgehead atoms. The lowest BCUT2D eigenvalue weighted by molar-refractivity contribution is -0.136. The Morgan fingerprint density at radius 2 is 1.96 bits per heavy atom. The first-order chi connectivity index (χ1) is 11.6. The van der Waals surface area contributed by atoms with Gasteiger partial charge in [0.25, 0.3) is 0 Å². The fourth-order valence-electron chi connectivity index (χ4n) is 3.90. The first-order valence-electron chi connectivity index (χ1n) is 9.32. The molecular weight excluding hydrogens is 300 g/mol. The maximum Gasteiger partial charge on any atom is 0.239 e. The van der Waals surface area contributed by atoms with Gasteiger partial charge in [0.15, 0.2) is 0 Å². The summed E-state index contributed by atoms with van der Waals surface area (Å²) in [6.07, 6.45) is 7.57. The Bertz CT molecular complexity index is 562. The fraction of sp³-hybridized carbons (Fsp3) is 0.684. The van der Waals surface area contributed by atoms with Crippen molar-refractivity contribution < 1.29 is 4.79 Å². The summed E-state index contributed by atoms with van der Waals surface area (Å²) < 4.78 is 0. The molecule has 0 aliphatic carbocycles. The van der Waals surface area contributed by atoms with Crippen LogP contribution < -0.4 is 4.90 Å². The van der Waals surface area contributed by atoms with Crippen molar-refractivity contribution in [2.24, 2.45) is 0 Å². The van der Waals surface area contributed by atoms with E-state index < -0.39 is 0 Å². The minimum atomic E-state index is 0.0854. The van der Waals surface area contributed by atoms with Crippen molar-refractivity contribution in [3.63, 3.8) is 0 Å². The average molecular weight is 330 g/mol. The summed E-state index contributed by atoms with van der Waals surface area (Å²) in [6.45, 7) is 6.69. The highest BCUT2D eigenvalue weighted by molar-refractivity contribution is 5.82. The first-order valence-corrected chi connectivity index (χ1v) is 9.32. The van der Waals surface area contributed by atoms with Crippen molar-refractivity contribution in [3.8, 4) is 0 Å². The summed E-state index contributed by atoms with van der Waals surface area (Å²) in [7, 11) is 2.11. The molecule has 3 rings (SSSR count). The van der Waals surface area contributed by atoms with Gasteiger partial charge in [-0.05, 0) is 51.9 Å². The summed E-state index contributed by atoms with van der Waals surface area (Å²) in [5.41, 5.74) is 2.27. The molecule has 2 aliphatic rings. The van der Waals surface area contributed by atoms with Crippen molar-refractivity contribution in [3.05, 3.63) is 24.0 Å². The predicted molar refractivity (Wildman–Crippen MR) is 97.3 cm³/mol. The van der Waals surface area contributed by atoms with Crippen LogP contribution in [-0.2, 0) is 4.79 Å². The lowest BCUT2D eigenvalue weighted by atomic mass is 10.1. The van der Waals surface area contributed by atoms with Crippen molar-refractivity contribution >= 4 is 11.6 Å². The molecule has 24 heavy (non-hydrogen) atoms. The summed E-state index contributed by atoms with van der Waals surface area (Å²) >= 11 is 0. The molecule has 0 radical (unpaired) electrons. The number of hydrogen-bond acceptors (Lipinski definition) is 4. The molecular formula is C19H30N4O. The zero-order valence-corrected chi connectivity index (χ0v) is 15.1. The number of pyridine rings is 1. The molecule has 2 saturated heterocycles. The number of rotatable bonds is 2. The van der Waals surface area contributed by atoms with Gasteiger partial charge in [-0.15, -0.1) is 0 Å². The average Bonchev–Trinajstić information content (AvgIpc) is 2.94. The third-order valence-corrected chi connectivity index (χ3v) is 5.36. The van der Waals surface area contributed by atoms with Gasteiger partial charge in [0.2, 0.25) is 5.91 Å². The minimum Gasteiger partial charge on any atom is -0.370 e.